The molecule has 0 aromatic heterocycles. The Bertz CT molecular complexity index is 846. The number of carbonyl (C=O) groups is 2. The Labute approximate surface area is 187 Å². The number of benzene rings is 2. The van der Waals surface area contributed by atoms with Crippen LogP contribution in [0.15, 0.2) is 60.7 Å². The second-order valence-corrected chi connectivity index (χ2v) is 7.60. The molecule has 0 saturated carbocycles. The van der Waals surface area contributed by atoms with Gasteiger partial charge in [-0.3, -0.25) is 0 Å². The Morgan fingerprint density at radius 3 is 2.22 bits per heavy atom. The van der Waals surface area contributed by atoms with E-state index in [-0.39, 0.29) is 13.2 Å². The fourth-order valence-electron chi connectivity index (χ4n) is 3.48. The van der Waals surface area contributed by atoms with Crippen molar-refractivity contribution in [2.75, 3.05) is 13.2 Å². The van der Waals surface area contributed by atoms with Crippen molar-refractivity contribution in [3.05, 3.63) is 71.8 Å². The lowest BCUT2D eigenvalue weighted by molar-refractivity contribution is -0.178. The highest BCUT2D eigenvalue weighted by molar-refractivity contribution is 5.81. The van der Waals surface area contributed by atoms with Crippen LogP contribution in [0.1, 0.15) is 24.5 Å². The zero-order valence-corrected chi connectivity index (χ0v) is 18.0. The van der Waals surface area contributed by atoms with Gasteiger partial charge >= 0.3 is 12.1 Å². The number of ether oxygens (including phenoxy) is 4. The van der Waals surface area contributed by atoms with Crippen molar-refractivity contribution in [2.24, 2.45) is 0 Å². The van der Waals surface area contributed by atoms with Gasteiger partial charge in [0.25, 0.3) is 0 Å². The summed E-state index contributed by atoms with van der Waals surface area (Å²) in [5.41, 5.74) is 1.99. The van der Waals surface area contributed by atoms with Crippen LogP contribution in [0, 0.1) is 0 Å². The van der Waals surface area contributed by atoms with Crippen LogP contribution >= 0.6 is 0 Å². The summed E-state index contributed by atoms with van der Waals surface area (Å²) in [6, 6.07) is 18.3. The minimum absolute atomic E-state index is 0.112. The third kappa shape index (κ3) is 7.33. The highest BCUT2D eigenvalue weighted by Gasteiger charge is 2.35. The van der Waals surface area contributed by atoms with E-state index in [0.29, 0.717) is 19.6 Å². The maximum absolute atomic E-state index is 12.6. The van der Waals surface area contributed by atoms with Crippen molar-refractivity contribution in [1.29, 1.82) is 0 Å². The summed E-state index contributed by atoms with van der Waals surface area (Å²) in [6.45, 7) is 2.59. The van der Waals surface area contributed by atoms with Crippen LogP contribution < -0.4 is 5.32 Å². The van der Waals surface area contributed by atoms with Gasteiger partial charge in [0.05, 0.1) is 25.9 Å². The minimum atomic E-state index is -1.32. The SMILES string of the molecule is C[C@@H]1OC(=O)C(NC(=O)O)COCCC(OCc2ccccc2)C1OCc1ccccc1. The molecule has 1 heterocycles. The van der Waals surface area contributed by atoms with Crippen molar-refractivity contribution in [3.63, 3.8) is 0 Å². The third-order valence-electron chi connectivity index (χ3n) is 5.14. The van der Waals surface area contributed by atoms with E-state index in [1.54, 1.807) is 6.92 Å². The number of amides is 1. The van der Waals surface area contributed by atoms with Gasteiger partial charge in [0.2, 0.25) is 0 Å². The normalized spacial score (nSPS) is 24.3. The van der Waals surface area contributed by atoms with Crippen LogP contribution in [-0.2, 0) is 37.0 Å². The molecule has 1 aliphatic rings. The van der Waals surface area contributed by atoms with Gasteiger partial charge in [-0.1, -0.05) is 60.7 Å². The van der Waals surface area contributed by atoms with E-state index in [2.05, 4.69) is 5.32 Å². The highest BCUT2D eigenvalue weighted by Crippen LogP contribution is 2.21. The average Bonchev–Trinajstić information content (AvgIpc) is 2.79. The Balaban J connectivity index is 1.75. The number of hydrogen-bond donors (Lipinski definition) is 2. The van der Waals surface area contributed by atoms with Gasteiger partial charge in [0, 0.05) is 6.61 Å². The molecule has 2 N–H and O–H groups in total. The molecule has 3 rings (SSSR count). The summed E-state index contributed by atoms with van der Waals surface area (Å²) in [7, 11) is 0. The summed E-state index contributed by atoms with van der Waals surface area (Å²) in [5, 5.41) is 11.1. The predicted molar refractivity (Wildman–Crippen MR) is 116 cm³/mol. The van der Waals surface area contributed by atoms with Gasteiger partial charge in [-0.2, -0.15) is 0 Å². The van der Waals surface area contributed by atoms with E-state index >= 15 is 0 Å². The molecule has 0 aliphatic carbocycles. The van der Waals surface area contributed by atoms with E-state index in [4.69, 9.17) is 24.1 Å². The first-order chi connectivity index (χ1) is 15.5. The van der Waals surface area contributed by atoms with Crippen LogP contribution in [0.2, 0.25) is 0 Å². The van der Waals surface area contributed by atoms with Crippen molar-refractivity contribution >= 4 is 12.1 Å². The molecule has 8 nitrogen and oxygen atoms in total. The lowest BCUT2D eigenvalue weighted by Crippen LogP contribution is -2.50. The van der Waals surface area contributed by atoms with Gasteiger partial charge < -0.3 is 29.4 Å². The molecule has 0 radical (unpaired) electrons. The quantitative estimate of drug-likeness (QED) is 0.634. The van der Waals surface area contributed by atoms with E-state index in [1.165, 1.54) is 0 Å². The van der Waals surface area contributed by atoms with Gasteiger partial charge in [-0.05, 0) is 24.5 Å². The van der Waals surface area contributed by atoms with E-state index in [9.17, 15) is 9.59 Å². The molecule has 3 unspecified atom stereocenters. The molecule has 0 spiro atoms. The highest BCUT2D eigenvalue weighted by atomic mass is 16.6. The number of hydrogen-bond acceptors (Lipinski definition) is 6. The molecule has 1 amide bonds. The largest absolute Gasteiger partial charge is 0.465 e. The summed E-state index contributed by atoms with van der Waals surface area (Å²) in [6.07, 6.45) is -2.46. The summed E-state index contributed by atoms with van der Waals surface area (Å²) in [5.74, 6) is -0.711. The predicted octanol–water partition coefficient (Wildman–Crippen LogP) is 3.15. The molecule has 0 bridgehead atoms. The molecule has 172 valence electrons. The maximum Gasteiger partial charge on any atom is 0.405 e. The van der Waals surface area contributed by atoms with Gasteiger partial charge in [0.1, 0.15) is 12.2 Å². The molecule has 32 heavy (non-hydrogen) atoms. The lowest BCUT2D eigenvalue weighted by Gasteiger charge is -2.33. The second kappa shape index (κ2) is 12.2. The Hall–Kier alpha value is -2.94. The minimum Gasteiger partial charge on any atom is -0.465 e. The van der Waals surface area contributed by atoms with Gasteiger partial charge in [-0.25, -0.2) is 9.59 Å². The zero-order valence-electron chi connectivity index (χ0n) is 18.0. The van der Waals surface area contributed by atoms with Crippen LogP contribution in [0.4, 0.5) is 4.79 Å². The standard InChI is InChI=1S/C24H29NO7/c1-17-22(31-15-19-10-6-3-7-11-19)21(30-14-18-8-4-2-5-9-18)12-13-29-16-20(23(26)32-17)25-24(27)28/h2-11,17,20-22,25H,12-16H2,1H3,(H,27,28)/t17-,20?,21?,22?/m0/s1. The van der Waals surface area contributed by atoms with E-state index in [1.807, 2.05) is 60.7 Å². The summed E-state index contributed by atoms with van der Waals surface area (Å²) in [4.78, 5) is 23.6. The Morgan fingerprint density at radius 2 is 1.62 bits per heavy atom. The second-order valence-electron chi connectivity index (χ2n) is 7.60. The average molecular weight is 443 g/mol. The Kier molecular flexibility index (Phi) is 9.03. The smallest absolute Gasteiger partial charge is 0.405 e. The van der Waals surface area contributed by atoms with Crippen molar-refractivity contribution in [1.82, 2.24) is 5.32 Å². The first-order valence-electron chi connectivity index (χ1n) is 10.6. The molecule has 1 saturated heterocycles. The van der Waals surface area contributed by atoms with Crippen LogP contribution in [-0.4, -0.2) is 54.7 Å². The fraction of sp³-hybridized carbons (Fsp3) is 0.417. The topological polar surface area (TPSA) is 103 Å². The molecule has 1 aliphatic heterocycles. The fourth-order valence-corrected chi connectivity index (χ4v) is 3.48. The molecule has 2 aromatic rings. The first kappa shape index (κ1) is 23.7. The van der Waals surface area contributed by atoms with Crippen LogP contribution in [0.25, 0.3) is 0 Å². The van der Waals surface area contributed by atoms with Gasteiger partial charge in [-0.15, -0.1) is 0 Å². The molecule has 2 aromatic carbocycles. The number of esters is 1. The van der Waals surface area contributed by atoms with Gasteiger partial charge in [0.15, 0.2) is 6.04 Å². The lowest BCUT2D eigenvalue weighted by atomic mass is 10.0. The maximum atomic E-state index is 12.6. The number of rotatable bonds is 7. The number of nitrogens with one attached hydrogen (secondary N) is 1. The molecule has 1 fully saturated rings. The molecular weight excluding hydrogens is 414 g/mol. The van der Waals surface area contributed by atoms with Crippen LogP contribution in [0.5, 0.6) is 0 Å². The summed E-state index contributed by atoms with van der Waals surface area (Å²) >= 11 is 0. The van der Waals surface area contributed by atoms with Crippen molar-refractivity contribution in [3.8, 4) is 0 Å². The number of cyclic esters (lactones) is 1. The number of carboxylic acid groups (broad SMARTS) is 1. The van der Waals surface area contributed by atoms with E-state index in [0.717, 1.165) is 11.1 Å². The van der Waals surface area contributed by atoms with Crippen molar-refractivity contribution < 1.29 is 33.6 Å². The monoisotopic (exact) mass is 443 g/mol. The van der Waals surface area contributed by atoms with Crippen LogP contribution in [0.3, 0.4) is 0 Å². The van der Waals surface area contributed by atoms with E-state index < -0.39 is 36.4 Å². The first-order valence-corrected chi connectivity index (χ1v) is 10.6. The molecule has 4 atom stereocenters. The zero-order chi connectivity index (χ0) is 22.8. The third-order valence-corrected chi connectivity index (χ3v) is 5.14. The number of carbonyl (C=O) groups excluding carboxylic acids is 1. The summed E-state index contributed by atoms with van der Waals surface area (Å²) < 4.78 is 23.5. The molecule has 8 heteroatoms. The van der Waals surface area contributed by atoms with Crippen molar-refractivity contribution in [2.45, 2.75) is 50.9 Å². The Morgan fingerprint density at radius 1 is 1.03 bits per heavy atom. The molecular formula is C24H29NO7.